The molecule has 4 rings (SSSR count). The molecular weight excluding hydrogens is 500 g/mol. The van der Waals surface area contributed by atoms with Gasteiger partial charge in [0.2, 0.25) is 0 Å². The fraction of sp³-hybridized carbons (Fsp3) is 0.207. The Morgan fingerprint density at radius 1 is 1.03 bits per heavy atom. The molecule has 1 aromatic heterocycles. The van der Waals surface area contributed by atoms with Gasteiger partial charge in [0, 0.05) is 36.1 Å². The Balaban J connectivity index is 1.28. The molecule has 0 amide bonds. The standard InChI is InChI=1S/C29H32N4O4S/c1-22-9-12-27(13-10-22)38(34,35)37-29-14-11-25(30)19-24(29)21-33(2)17-4-3-5-18-36-26-8-6-7-23(20-26)28-15-16-31-32-28/h3-4,6-16,19-20H,5,17-18,21,30H2,1-2H3,(H,31,32)/b4-3+. The molecule has 0 saturated heterocycles. The highest BCUT2D eigenvalue weighted by molar-refractivity contribution is 7.87. The first-order valence-electron chi connectivity index (χ1n) is 12.3. The molecule has 3 aromatic carbocycles. The normalized spacial score (nSPS) is 11.8. The third kappa shape index (κ3) is 7.47. The average molecular weight is 533 g/mol. The number of H-pyrrole nitrogens is 1. The van der Waals surface area contributed by atoms with Crippen LogP contribution in [0.1, 0.15) is 17.5 Å². The molecule has 0 atom stereocenters. The number of aromatic amines is 1. The molecule has 9 heteroatoms. The Morgan fingerprint density at radius 2 is 1.84 bits per heavy atom. The van der Waals surface area contributed by atoms with Crippen molar-refractivity contribution in [2.75, 3.05) is 25.9 Å². The van der Waals surface area contributed by atoms with Crippen molar-refractivity contribution >= 4 is 15.8 Å². The minimum atomic E-state index is -3.96. The van der Waals surface area contributed by atoms with E-state index in [9.17, 15) is 8.42 Å². The van der Waals surface area contributed by atoms with Crippen molar-refractivity contribution in [1.29, 1.82) is 0 Å². The van der Waals surface area contributed by atoms with Crippen molar-refractivity contribution in [3.63, 3.8) is 0 Å². The minimum Gasteiger partial charge on any atom is -0.493 e. The lowest BCUT2D eigenvalue weighted by Crippen LogP contribution is -2.19. The van der Waals surface area contributed by atoms with Crippen LogP contribution in [0.2, 0.25) is 0 Å². The first-order chi connectivity index (χ1) is 18.3. The summed E-state index contributed by atoms with van der Waals surface area (Å²) in [5.41, 5.74) is 10.1. The van der Waals surface area contributed by atoms with Crippen molar-refractivity contribution in [2.45, 2.75) is 24.8 Å². The van der Waals surface area contributed by atoms with Gasteiger partial charge in [0.05, 0.1) is 12.3 Å². The summed E-state index contributed by atoms with van der Waals surface area (Å²) in [4.78, 5) is 2.16. The van der Waals surface area contributed by atoms with Gasteiger partial charge >= 0.3 is 10.1 Å². The van der Waals surface area contributed by atoms with E-state index in [0.29, 0.717) is 30.9 Å². The van der Waals surface area contributed by atoms with Gasteiger partial charge in [-0.2, -0.15) is 13.5 Å². The zero-order valence-electron chi connectivity index (χ0n) is 21.5. The lowest BCUT2D eigenvalue weighted by molar-refractivity contribution is 0.324. The maximum atomic E-state index is 12.8. The topological polar surface area (TPSA) is 111 Å². The summed E-state index contributed by atoms with van der Waals surface area (Å²) in [7, 11) is -2.01. The number of hydrogen-bond donors (Lipinski definition) is 2. The first-order valence-corrected chi connectivity index (χ1v) is 13.7. The van der Waals surface area contributed by atoms with Gasteiger partial charge < -0.3 is 14.7 Å². The fourth-order valence-electron chi connectivity index (χ4n) is 3.82. The number of likely N-dealkylation sites (N-methyl/N-ethyl adjacent to an activating group) is 1. The molecule has 0 spiro atoms. The summed E-state index contributed by atoms with van der Waals surface area (Å²) in [6.45, 7) is 3.57. The number of hydrogen-bond acceptors (Lipinski definition) is 7. The molecule has 0 radical (unpaired) electrons. The average Bonchev–Trinajstić information content (AvgIpc) is 3.43. The molecule has 0 aliphatic heterocycles. The summed E-state index contributed by atoms with van der Waals surface area (Å²) in [6, 6.07) is 21.3. The molecule has 1 heterocycles. The molecule has 4 aromatic rings. The Bertz CT molecular complexity index is 1470. The summed E-state index contributed by atoms with van der Waals surface area (Å²) >= 11 is 0. The Labute approximate surface area is 223 Å². The van der Waals surface area contributed by atoms with Gasteiger partial charge in [0.1, 0.15) is 16.4 Å². The van der Waals surface area contributed by atoms with E-state index in [0.717, 1.165) is 29.0 Å². The van der Waals surface area contributed by atoms with E-state index >= 15 is 0 Å². The van der Waals surface area contributed by atoms with E-state index < -0.39 is 10.1 Å². The first kappa shape index (κ1) is 27.0. The second-order valence-corrected chi connectivity index (χ2v) is 10.6. The zero-order valence-corrected chi connectivity index (χ0v) is 22.3. The van der Waals surface area contributed by atoms with Crippen LogP contribution >= 0.6 is 0 Å². The molecule has 8 nitrogen and oxygen atoms in total. The van der Waals surface area contributed by atoms with E-state index in [1.807, 2.05) is 49.2 Å². The van der Waals surface area contributed by atoms with E-state index in [1.165, 1.54) is 0 Å². The smallest absolute Gasteiger partial charge is 0.339 e. The molecule has 198 valence electrons. The van der Waals surface area contributed by atoms with Crippen molar-refractivity contribution in [3.05, 3.63) is 102 Å². The highest BCUT2D eigenvalue weighted by atomic mass is 32.2. The molecule has 0 aliphatic carbocycles. The summed E-state index contributed by atoms with van der Waals surface area (Å²) in [5, 5.41) is 6.94. The molecule has 0 bridgehead atoms. The third-order valence-corrected chi connectivity index (χ3v) is 7.07. The van der Waals surface area contributed by atoms with Crippen LogP contribution in [-0.4, -0.2) is 43.7 Å². The lowest BCUT2D eigenvalue weighted by atomic mass is 10.1. The van der Waals surface area contributed by atoms with E-state index in [2.05, 4.69) is 22.3 Å². The highest BCUT2D eigenvalue weighted by Crippen LogP contribution is 2.27. The zero-order chi connectivity index (χ0) is 27.0. The molecule has 3 N–H and O–H groups in total. The lowest BCUT2D eigenvalue weighted by Gasteiger charge is -2.18. The second-order valence-electron chi connectivity index (χ2n) is 9.02. The van der Waals surface area contributed by atoms with Gasteiger partial charge in [-0.3, -0.25) is 10.00 Å². The maximum absolute atomic E-state index is 12.8. The number of nitrogen functional groups attached to an aromatic ring is 1. The SMILES string of the molecule is Cc1ccc(S(=O)(=O)Oc2ccc(N)cc2CN(C)C/C=C/CCOc2cccc(-c3ccn[nH]3)c2)cc1. The highest BCUT2D eigenvalue weighted by Gasteiger charge is 2.19. The fourth-order valence-corrected chi connectivity index (χ4v) is 4.78. The van der Waals surface area contributed by atoms with Gasteiger partial charge in [-0.1, -0.05) is 42.0 Å². The Hall–Kier alpha value is -4.08. The molecule has 0 saturated carbocycles. The number of rotatable bonds is 12. The number of anilines is 1. The van der Waals surface area contributed by atoms with Crippen molar-refractivity contribution in [3.8, 4) is 22.8 Å². The van der Waals surface area contributed by atoms with Crippen molar-refractivity contribution in [1.82, 2.24) is 15.1 Å². The van der Waals surface area contributed by atoms with Crippen LogP contribution < -0.4 is 14.7 Å². The van der Waals surface area contributed by atoms with Gasteiger partial charge in [-0.15, -0.1) is 0 Å². The number of aromatic nitrogens is 2. The largest absolute Gasteiger partial charge is 0.493 e. The number of ether oxygens (including phenoxy) is 1. The van der Waals surface area contributed by atoms with Gasteiger partial charge in [0.15, 0.2) is 0 Å². The van der Waals surface area contributed by atoms with E-state index in [4.69, 9.17) is 14.7 Å². The number of nitrogens with two attached hydrogens (primary N) is 1. The number of aryl methyl sites for hydroxylation is 1. The minimum absolute atomic E-state index is 0.109. The van der Waals surface area contributed by atoms with Crippen LogP contribution in [0.5, 0.6) is 11.5 Å². The maximum Gasteiger partial charge on any atom is 0.339 e. The molecular formula is C29H32N4O4S. The molecule has 0 aliphatic rings. The van der Waals surface area contributed by atoms with E-state index in [-0.39, 0.29) is 10.6 Å². The summed E-state index contributed by atoms with van der Waals surface area (Å²) in [6.07, 6.45) is 6.59. The van der Waals surface area contributed by atoms with Crippen LogP contribution in [0.3, 0.4) is 0 Å². The molecule has 38 heavy (non-hydrogen) atoms. The monoisotopic (exact) mass is 532 g/mol. The Morgan fingerprint density at radius 3 is 2.61 bits per heavy atom. The van der Waals surface area contributed by atoms with Crippen LogP contribution in [0.15, 0.2) is 96.0 Å². The van der Waals surface area contributed by atoms with Gasteiger partial charge in [-0.25, -0.2) is 0 Å². The van der Waals surface area contributed by atoms with Crippen LogP contribution in [0.4, 0.5) is 5.69 Å². The molecule has 0 fully saturated rings. The predicted octanol–water partition coefficient (Wildman–Crippen LogP) is 5.19. The number of nitrogens with zero attached hydrogens (tertiary/aromatic N) is 2. The quantitative estimate of drug-likeness (QED) is 0.112. The Kier molecular flexibility index (Phi) is 8.83. The van der Waals surface area contributed by atoms with Gasteiger partial charge in [0.25, 0.3) is 0 Å². The molecule has 0 unspecified atom stereocenters. The van der Waals surface area contributed by atoms with Gasteiger partial charge in [-0.05, 0) is 68.9 Å². The van der Waals surface area contributed by atoms with Crippen LogP contribution in [0.25, 0.3) is 11.3 Å². The number of nitrogens with one attached hydrogen (secondary N) is 1. The van der Waals surface area contributed by atoms with Crippen LogP contribution in [0, 0.1) is 6.92 Å². The van der Waals surface area contributed by atoms with Crippen molar-refractivity contribution in [2.24, 2.45) is 0 Å². The second kappa shape index (κ2) is 12.4. The third-order valence-electron chi connectivity index (χ3n) is 5.82. The number of benzene rings is 3. The predicted molar refractivity (Wildman–Crippen MR) is 149 cm³/mol. The van der Waals surface area contributed by atoms with Crippen molar-refractivity contribution < 1.29 is 17.3 Å². The summed E-state index contributed by atoms with van der Waals surface area (Å²) < 4.78 is 37.0. The summed E-state index contributed by atoms with van der Waals surface area (Å²) in [5.74, 6) is 1.07. The van der Waals surface area contributed by atoms with Crippen LogP contribution in [-0.2, 0) is 16.7 Å². The van der Waals surface area contributed by atoms with E-state index in [1.54, 1.807) is 48.7 Å².